The maximum Gasteiger partial charge on any atom is 0.491 e. The molecule has 1 N–H and O–H groups in total. The highest BCUT2D eigenvalue weighted by Crippen LogP contribution is 2.27. The van der Waals surface area contributed by atoms with E-state index >= 15 is 0 Å². The highest BCUT2D eigenvalue weighted by molar-refractivity contribution is 6.42. The Bertz CT molecular complexity index is 1630. The van der Waals surface area contributed by atoms with Gasteiger partial charge in [0, 0.05) is 49.3 Å². The van der Waals surface area contributed by atoms with Crippen LogP contribution >= 0.6 is 23.2 Å². The number of fused-ring (bicyclic) bond motifs is 1. The molecule has 2 aromatic heterocycles. The lowest BCUT2D eigenvalue weighted by molar-refractivity contribution is -0.191. The fourth-order valence-electron chi connectivity index (χ4n) is 4.59. The minimum atomic E-state index is -5.20. The van der Waals surface area contributed by atoms with Crippen molar-refractivity contribution in [2.24, 2.45) is 5.10 Å². The molecule has 40 heavy (non-hydrogen) atoms. The van der Waals surface area contributed by atoms with Gasteiger partial charge in [0.2, 0.25) is 0 Å². The quantitative estimate of drug-likeness (QED) is 0.364. The second-order valence-electron chi connectivity index (χ2n) is 9.04. The number of alkyl halides is 3. The van der Waals surface area contributed by atoms with E-state index in [2.05, 4.69) is 19.9 Å². The number of nitrogens with one attached hydrogen (secondary N) is 1. The Kier molecular flexibility index (Phi) is 7.31. The molecule has 3 aromatic rings. The number of halogens is 6. The minimum absolute atomic E-state index is 0.142. The average Bonchev–Trinajstić information content (AvgIpc) is 3.50. The van der Waals surface area contributed by atoms with Gasteiger partial charge in [-0.3, -0.25) is 14.0 Å². The van der Waals surface area contributed by atoms with Crippen molar-refractivity contribution in [3.8, 4) is 0 Å². The summed E-state index contributed by atoms with van der Waals surface area (Å²) in [6.07, 6.45) is -1.88. The first kappa shape index (κ1) is 27.6. The number of hydrogen-bond donors (Lipinski definition) is 1. The molecule has 0 aliphatic carbocycles. The van der Waals surface area contributed by atoms with Crippen molar-refractivity contribution in [1.82, 2.24) is 24.3 Å². The third-order valence-corrected chi connectivity index (χ3v) is 7.29. The van der Waals surface area contributed by atoms with Crippen molar-refractivity contribution in [1.29, 1.82) is 0 Å². The Hall–Kier alpha value is -3.91. The normalized spacial score (nSPS) is 16.1. The molecule has 1 amide bonds. The third-order valence-electron chi connectivity index (χ3n) is 6.53. The van der Waals surface area contributed by atoms with Crippen LogP contribution in [-0.2, 0) is 16.0 Å². The monoisotopic (exact) mass is 600 g/mol. The summed E-state index contributed by atoms with van der Waals surface area (Å²) in [4.78, 5) is 41.8. The van der Waals surface area contributed by atoms with E-state index in [0.29, 0.717) is 11.3 Å². The SMILES string of the molecule is O=C(c1cc(Cc2c[nH]c(=O)c3cc(Cl)c(Cl)n23)ccc1F)N1CCC(N2C=[N+]N=C2OC(=O)C(F)(F)F)CC1. The second kappa shape index (κ2) is 10.6. The molecule has 2 aliphatic rings. The Balaban J connectivity index is 1.28. The van der Waals surface area contributed by atoms with Gasteiger partial charge in [-0.2, -0.15) is 18.1 Å². The van der Waals surface area contributed by atoms with Crippen molar-refractivity contribution in [2.45, 2.75) is 31.5 Å². The van der Waals surface area contributed by atoms with E-state index in [9.17, 15) is 31.9 Å². The molecule has 1 aromatic carbocycles. The molecule has 5 rings (SSSR count). The Labute approximate surface area is 232 Å². The number of aromatic nitrogens is 2. The van der Waals surface area contributed by atoms with Gasteiger partial charge in [-0.15, -0.1) is 0 Å². The lowest BCUT2D eigenvalue weighted by Crippen LogP contribution is -2.49. The minimum Gasteiger partial charge on any atom is -0.365 e. The van der Waals surface area contributed by atoms with E-state index < -0.39 is 41.5 Å². The number of likely N-dealkylation sites (tertiary alicyclic amines) is 1. The van der Waals surface area contributed by atoms with Crippen LogP contribution in [0.1, 0.15) is 34.5 Å². The summed E-state index contributed by atoms with van der Waals surface area (Å²) in [7, 11) is 0. The topological polar surface area (TPSA) is 114 Å². The van der Waals surface area contributed by atoms with Gasteiger partial charge in [-0.1, -0.05) is 29.3 Å². The number of carbonyl (C=O) groups is 2. The number of H-pyrrole nitrogens is 1. The molecule has 0 atom stereocenters. The van der Waals surface area contributed by atoms with Crippen LogP contribution in [-0.4, -0.2) is 68.7 Å². The van der Waals surface area contributed by atoms with Gasteiger partial charge in [-0.25, -0.2) is 9.18 Å². The summed E-state index contributed by atoms with van der Waals surface area (Å²) in [5.74, 6) is -3.72. The number of hydrogen-bond acceptors (Lipinski definition) is 7. The average molecular weight is 601 g/mol. The van der Waals surface area contributed by atoms with Crippen molar-refractivity contribution < 1.29 is 31.9 Å². The van der Waals surface area contributed by atoms with Crippen LogP contribution in [0.3, 0.4) is 0 Å². The molecular weight excluding hydrogens is 583 g/mol. The maximum absolute atomic E-state index is 14.8. The molecule has 1 saturated heterocycles. The summed E-state index contributed by atoms with van der Waals surface area (Å²) < 4.78 is 58.3. The summed E-state index contributed by atoms with van der Waals surface area (Å²) in [6.45, 7) is 0.298. The fourth-order valence-corrected chi connectivity index (χ4v) is 5.03. The van der Waals surface area contributed by atoms with Gasteiger partial charge in [0.15, 0.2) is 0 Å². The summed E-state index contributed by atoms with van der Waals surface area (Å²) >= 11 is 12.4. The fraction of sp³-hybridized carbons (Fsp3) is 0.292. The largest absolute Gasteiger partial charge is 0.491 e. The number of aromatic amines is 1. The Morgan fingerprint density at radius 2 is 1.90 bits per heavy atom. The molecule has 2 aliphatic heterocycles. The van der Waals surface area contributed by atoms with E-state index in [1.807, 2.05) is 0 Å². The molecule has 4 heterocycles. The second-order valence-corrected chi connectivity index (χ2v) is 9.80. The molecule has 0 bridgehead atoms. The number of ether oxygens (including phenoxy) is 1. The first-order valence-corrected chi connectivity index (χ1v) is 12.5. The molecule has 16 heteroatoms. The van der Waals surface area contributed by atoms with Gasteiger partial charge in [0.1, 0.15) is 22.5 Å². The third kappa shape index (κ3) is 5.28. The van der Waals surface area contributed by atoms with Crippen LogP contribution in [0.4, 0.5) is 17.6 Å². The predicted molar refractivity (Wildman–Crippen MR) is 136 cm³/mol. The van der Waals surface area contributed by atoms with Gasteiger partial charge in [0.05, 0.1) is 15.7 Å². The van der Waals surface area contributed by atoms with Gasteiger partial charge < -0.3 is 14.6 Å². The van der Waals surface area contributed by atoms with Crippen LogP contribution < -0.4 is 10.7 Å². The first-order chi connectivity index (χ1) is 18.9. The van der Waals surface area contributed by atoms with E-state index in [4.69, 9.17) is 23.2 Å². The summed E-state index contributed by atoms with van der Waals surface area (Å²) in [6, 6.07) is 4.45. The van der Waals surface area contributed by atoms with E-state index in [-0.39, 0.29) is 53.6 Å². The molecule has 10 nitrogen and oxygen atoms in total. The number of rotatable bonds is 4. The van der Waals surface area contributed by atoms with Crippen LogP contribution in [0.25, 0.3) is 5.52 Å². The number of piperidine rings is 1. The van der Waals surface area contributed by atoms with Crippen molar-refractivity contribution >= 4 is 53.0 Å². The lowest BCUT2D eigenvalue weighted by atomic mass is 10.0. The van der Waals surface area contributed by atoms with Gasteiger partial charge in [0.25, 0.3) is 11.5 Å². The molecular formula is C24H18Cl2F4N6O4+. The van der Waals surface area contributed by atoms with E-state index in [1.165, 1.54) is 44.7 Å². The van der Waals surface area contributed by atoms with Crippen molar-refractivity contribution in [2.75, 3.05) is 13.1 Å². The van der Waals surface area contributed by atoms with Crippen LogP contribution in [0.15, 0.2) is 40.4 Å². The number of carbonyl (C=O) groups excluding carboxylic acids is 2. The smallest absolute Gasteiger partial charge is 0.365 e. The van der Waals surface area contributed by atoms with Crippen molar-refractivity contribution in [3.63, 3.8) is 0 Å². The Morgan fingerprint density at radius 1 is 1.18 bits per heavy atom. The molecule has 1 fully saturated rings. The zero-order valence-corrected chi connectivity index (χ0v) is 21.7. The van der Waals surface area contributed by atoms with Crippen LogP contribution in [0, 0.1) is 5.82 Å². The first-order valence-electron chi connectivity index (χ1n) is 11.8. The van der Waals surface area contributed by atoms with Crippen LogP contribution in [0.5, 0.6) is 0 Å². The lowest BCUT2D eigenvalue weighted by Gasteiger charge is -2.32. The number of amides is 1. The molecule has 0 spiro atoms. The van der Waals surface area contributed by atoms with Gasteiger partial charge >= 0.3 is 24.5 Å². The zero-order valence-electron chi connectivity index (χ0n) is 20.2. The molecule has 209 valence electrons. The van der Waals surface area contributed by atoms with E-state index in [0.717, 1.165) is 6.34 Å². The zero-order chi connectivity index (χ0) is 28.8. The molecule has 0 unspecified atom stereocenters. The van der Waals surface area contributed by atoms with Crippen molar-refractivity contribution in [3.05, 3.63) is 73.6 Å². The molecule has 0 saturated carbocycles. The number of benzene rings is 1. The predicted octanol–water partition coefficient (Wildman–Crippen LogP) is 3.33. The van der Waals surface area contributed by atoms with E-state index in [1.54, 1.807) is 0 Å². The number of esters is 1. The Morgan fingerprint density at radius 3 is 2.60 bits per heavy atom. The maximum atomic E-state index is 14.8. The summed E-state index contributed by atoms with van der Waals surface area (Å²) in [5.41, 5.74) is 0.784. The standard InChI is InChI=1S/C24H18Cl2F4N6O4/c25-16-9-18-20(37)31-10-14(36(18)19(16)26)7-12-1-2-17(27)15(8-12)21(38)34-5-3-13(4-6-34)35-11-32-33-23(35)40-22(39)24(28,29)30/h1-2,8-11,13H,3-7H2,(H,31,37)/q+1. The highest BCUT2D eigenvalue weighted by atomic mass is 35.5. The number of amidine groups is 1. The molecule has 1 radical (unpaired) electrons. The number of nitrogens with zero attached hydrogens (tertiary/aromatic N) is 5. The summed E-state index contributed by atoms with van der Waals surface area (Å²) in [5, 5.41) is 7.29. The van der Waals surface area contributed by atoms with Crippen LogP contribution in [0.2, 0.25) is 10.2 Å². The van der Waals surface area contributed by atoms with Gasteiger partial charge in [-0.05, 0) is 23.8 Å². The highest BCUT2D eigenvalue weighted by Gasteiger charge is 2.46.